The summed E-state index contributed by atoms with van der Waals surface area (Å²) in [7, 11) is 1.63. The average molecular weight is 449 g/mol. The van der Waals surface area contributed by atoms with Gasteiger partial charge in [0.2, 0.25) is 0 Å². The Morgan fingerprint density at radius 1 is 1.06 bits per heavy atom. The Labute approximate surface area is 189 Å². The second-order valence-corrected chi connectivity index (χ2v) is 7.98. The highest BCUT2D eigenvalue weighted by Gasteiger charge is 2.23. The fourth-order valence-corrected chi connectivity index (χ4v) is 4.32. The summed E-state index contributed by atoms with van der Waals surface area (Å²) in [5.74, 6) is 0.768. The summed E-state index contributed by atoms with van der Waals surface area (Å²) in [5.41, 5.74) is 3.47. The number of nitrogens with zero attached hydrogens (tertiary/aromatic N) is 2. The molecule has 0 saturated carbocycles. The van der Waals surface area contributed by atoms with Crippen LogP contribution in [-0.4, -0.2) is 17.1 Å². The summed E-state index contributed by atoms with van der Waals surface area (Å²) >= 11 is 1.54. The molecular formula is C24H22N3O4S+. The predicted molar refractivity (Wildman–Crippen MR) is 124 cm³/mol. The molecule has 1 heterocycles. The van der Waals surface area contributed by atoms with Crippen LogP contribution in [0.5, 0.6) is 5.75 Å². The first-order chi connectivity index (χ1) is 15.5. The molecule has 0 fully saturated rings. The minimum Gasteiger partial charge on any atom is -0.497 e. The monoisotopic (exact) mass is 448 g/mol. The molecule has 0 radical (unpaired) electrons. The summed E-state index contributed by atoms with van der Waals surface area (Å²) in [5, 5.41) is 28.2. The molecule has 162 valence electrons. The molecule has 0 aliphatic heterocycles. The number of para-hydroxylation sites is 1. The van der Waals surface area contributed by atoms with Crippen LogP contribution in [0.3, 0.4) is 0 Å². The normalized spacial score (nSPS) is 11.7. The SMILES string of the molecule is COc1ccc(-c2csc(Nc3ccccc3)[n+]2CC(O)c2ccc([N+](=O)[O-])cc2)cc1. The van der Waals surface area contributed by atoms with E-state index in [1.54, 1.807) is 19.2 Å². The summed E-state index contributed by atoms with van der Waals surface area (Å²) in [6.07, 6.45) is -0.844. The van der Waals surface area contributed by atoms with Crippen LogP contribution in [0.25, 0.3) is 11.3 Å². The van der Waals surface area contributed by atoms with Crippen LogP contribution in [0.1, 0.15) is 11.7 Å². The van der Waals surface area contributed by atoms with Crippen molar-refractivity contribution in [3.8, 4) is 17.0 Å². The molecule has 3 aromatic carbocycles. The summed E-state index contributed by atoms with van der Waals surface area (Å²) in [4.78, 5) is 10.5. The number of nitro groups is 1. The molecule has 0 aliphatic carbocycles. The Balaban J connectivity index is 1.67. The molecule has 1 aromatic heterocycles. The van der Waals surface area contributed by atoms with Gasteiger partial charge in [-0.1, -0.05) is 29.5 Å². The molecule has 4 aromatic rings. The number of methoxy groups -OCH3 is 1. The van der Waals surface area contributed by atoms with Crippen LogP contribution < -0.4 is 14.6 Å². The van der Waals surface area contributed by atoms with E-state index in [-0.39, 0.29) is 12.2 Å². The predicted octanol–water partition coefficient (Wildman–Crippen LogP) is 5.10. The first-order valence-corrected chi connectivity index (χ1v) is 10.8. The molecule has 2 N–H and O–H groups in total. The van der Waals surface area contributed by atoms with E-state index in [1.807, 2.05) is 64.5 Å². The van der Waals surface area contributed by atoms with Crippen LogP contribution in [0.15, 0.2) is 84.2 Å². The molecule has 0 amide bonds. The van der Waals surface area contributed by atoms with E-state index >= 15 is 0 Å². The summed E-state index contributed by atoms with van der Waals surface area (Å²) in [6.45, 7) is 0.276. The standard InChI is InChI=1S/C24H21N3O4S/c1-31-21-13-9-17(10-14-21)22-16-32-24(25-19-5-3-2-4-6-19)26(22)15-23(28)18-7-11-20(12-8-18)27(29)30/h2-14,16,23,28H,15H2,1H3/p+1. The van der Waals surface area contributed by atoms with Crippen LogP contribution >= 0.6 is 11.3 Å². The lowest BCUT2D eigenvalue weighted by molar-refractivity contribution is -0.676. The van der Waals surface area contributed by atoms with Crippen LogP contribution in [-0.2, 0) is 6.54 Å². The lowest BCUT2D eigenvalue weighted by Gasteiger charge is -2.12. The molecule has 0 aliphatic rings. The van der Waals surface area contributed by atoms with Crippen molar-refractivity contribution in [2.75, 3.05) is 12.4 Å². The Morgan fingerprint density at radius 3 is 2.38 bits per heavy atom. The highest BCUT2D eigenvalue weighted by molar-refractivity contribution is 7.13. The number of non-ortho nitro benzene ring substituents is 1. The van der Waals surface area contributed by atoms with Crippen molar-refractivity contribution in [2.24, 2.45) is 0 Å². The van der Waals surface area contributed by atoms with Gasteiger partial charge in [-0.3, -0.25) is 10.1 Å². The number of anilines is 2. The van der Waals surface area contributed by atoms with Gasteiger partial charge in [0, 0.05) is 23.1 Å². The molecule has 7 nitrogen and oxygen atoms in total. The van der Waals surface area contributed by atoms with Crippen LogP contribution in [0, 0.1) is 10.1 Å². The van der Waals surface area contributed by atoms with E-state index in [4.69, 9.17) is 4.74 Å². The molecule has 0 spiro atoms. The number of hydrogen-bond donors (Lipinski definition) is 2. The van der Waals surface area contributed by atoms with Gasteiger partial charge >= 0.3 is 5.13 Å². The van der Waals surface area contributed by atoms with Gasteiger partial charge < -0.3 is 9.84 Å². The summed E-state index contributed by atoms with van der Waals surface area (Å²) < 4.78 is 7.28. The number of aliphatic hydroxyl groups is 1. The zero-order valence-electron chi connectivity index (χ0n) is 17.3. The molecule has 0 saturated heterocycles. The number of rotatable bonds is 8. The zero-order valence-corrected chi connectivity index (χ0v) is 18.2. The molecule has 1 unspecified atom stereocenters. The fourth-order valence-electron chi connectivity index (χ4n) is 3.35. The van der Waals surface area contributed by atoms with E-state index in [0.717, 1.165) is 27.8 Å². The second-order valence-electron chi connectivity index (χ2n) is 7.12. The molecule has 4 rings (SSSR count). The van der Waals surface area contributed by atoms with E-state index in [9.17, 15) is 15.2 Å². The van der Waals surface area contributed by atoms with Gasteiger partial charge in [0.25, 0.3) is 5.69 Å². The lowest BCUT2D eigenvalue weighted by atomic mass is 10.1. The van der Waals surface area contributed by atoms with Crippen LogP contribution in [0.4, 0.5) is 16.5 Å². The zero-order chi connectivity index (χ0) is 22.5. The van der Waals surface area contributed by atoms with Crippen molar-refractivity contribution in [1.82, 2.24) is 0 Å². The van der Waals surface area contributed by atoms with Gasteiger partial charge in [-0.15, -0.1) is 0 Å². The maximum atomic E-state index is 10.9. The van der Waals surface area contributed by atoms with Crippen molar-refractivity contribution in [3.05, 3.63) is 99.9 Å². The number of aromatic nitrogens is 1. The van der Waals surface area contributed by atoms with Gasteiger partial charge in [-0.25, -0.2) is 9.88 Å². The Morgan fingerprint density at radius 2 is 1.75 bits per heavy atom. The number of hydrogen-bond acceptors (Lipinski definition) is 6. The van der Waals surface area contributed by atoms with Crippen LogP contribution in [0.2, 0.25) is 0 Å². The Bertz CT molecular complexity index is 1190. The van der Waals surface area contributed by atoms with E-state index < -0.39 is 11.0 Å². The minimum atomic E-state index is -0.844. The maximum absolute atomic E-state index is 10.9. The molecule has 1 atom stereocenters. The molecular weight excluding hydrogens is 426 g/mol. The molecule has 8 heteroatoms. The first-order valence-electron chi connectivity index (χ1n) is 9.95. The van der Waals surface area contributed by atoms with Gasteiger partial charge in [-0.2, -0.15) is 0 Å². The number of nitro benzene ring substituents is 1. The van der Waals surface area contributed by atoms with Gasteiger partial charge in [-0.05, 0) is 54.1 Å². The van der Waals surface area contributed by atoms with Crippen molar-refractivity contribution in [3.63, 3.8) is 0 Å². The first kappa shape index (κ1) is 21.5. The van der Waals surface area contributed by atoms with Gasteiger partial charge in [0.05, 0.1) is 12.0 Å². The second kappa shape index (κ2) is 9.59. The van der Waals surface area contributed by atoms with E-state index in [2.05, 4.69) is 5.32 Å². The van der Waals surface area contributed by atoms with E-state index in [1.165, 1.54) is 23.5 Å². The lowest BCUT2D eigenvalue weighted by Crippen LogP contribution is -2.39. The Hall–Kier alpha value is -3.75. The minimum absolute atomic E-state index is 0.00510. The summed E-state index contributed by atoms with van der Waals surface area (Å²) in [6, 6.07) is 23.6. The number of benzene rings is 3. The van der Waals surface area contributed by atoms with E-state index in [0.29, 0.717) is 5.56 Å². The molecule has 32 heavy (non-hydrogen) atoms. The van der Waals surface area contributed by atoms with Crippen molar-refractivity contribution < 1.29 is 19.3 Å². The highest BCUT2D eigenvalue weighted by Crippen LogP contribution is 2.28. The van der Waals surface area contributed by atoms with Crippen molar-refractivity contribution >= 4 is 27.8 Å². The number of aliphatic hydroxyl groups excluding tert-OH is 1. The smallest absolute Gasteiger partial charge is 0.339 e. The van der Waals surface area contributed by atoms with Gasteiger partial charge in [0.1, 0.15) is 29.8 Å². The third-order valence-corrected chi connectivity index (χ3v) is 5.96. The Kier molecular flexibility index (Phi) is 6.44. The third-order valence-electron chi connectivity index (χ3n) is 5.07. The maximum Gasteiger partial charge on any atom is 0.339 e. The van der Waals surface area contributed by atoms with Crippen molar-refractivity contribution in [2.45, 2.75) is 12.6 Å². The number of thiazole rings is 1. The molecule has 0 bridgehead atoms. The largest absolute Gasteiger partial charge is 0.497 e. The topological polar surface area (TPSA) is 88.5 Å². The van der Waals surface area contributed by atoms with Crippen molar-refractivity contribution in [1.29, 1.82) is 0 Å². The average Bonchev–Trinajstić information content (AvgIpc) is 3.21. The van der Waals surface area contributed by atoms with Gasteiger partial charge in [0.15, 0.2) is 0 Å². The number of nitrogens with one attached hydrogen (secondary N) is 1. The number of ether oxygens (including phenoxy) is 1. The quantitative estimate of drug-likeness (QED) is 0.223. The highest BCUT2D eigenvalue weighted by atomic mass is 32.1. The third kappa shape index (κ3) is 4.77. The fraction of sp³-hybridized carbons (Fsp3) is 0.125.